The second kappa shape index (κ2) is 13.7. The molecule has 4 amide bonds. The van der Waals surface area contributed by atoms with Crippen molar-refractivity contribution in [3.63, 3.8) is 0 Å². The summed E-state index contributed by atoms with van der Waals surface area (Å²) < 4.78 is 10.0. The van der Waals surface area contributed by atoms with Crippen LogP contribution in [0.3, 0.4) is 0 Å². The molecule has 1 saturated heterocycles. The Balaban J connectivity index is 1.28. The molecule has 0 unspecified atom stereocenters. The lowest BCUT2D eigenvalue weighted by Crippen LogP contribution is -2.42. The monoisotopic (exact) mass is 468 g/mol. The molecule has 0 atom stereocenters. The number of carbonyl (C=O) groups excluding carboxylic acids is 3. The average molecular weight is 469 g/mol. The van der Waals surface area contributed by atoms with Gasteiger partial charge in [-0.3, -0.25) is 0 Å². The lowest BCUT2D eigenvalue weighted by molar-refractivity contribution is 0.0952. The minimum Gasteiger partial charge on any atom is -0.446 e. The number of piperidine rings is 1. The van der Waals surface area contributed by atoms with E-state index >= 15 is 0 Å². The van der Waals surface area contributed by atoms with Gasteiger partial charge in [-0.25, -0.2) is 14.4 Å². The molecule has 9 nitrogen and oxygen atoms in total. The van der Waals surface area contributed by atoms with Crippen LogP contribution < -0.4 is 16.0 Å². The number of benzene rings is 2. The lowest BCUT2D eigenvalue weighted by Gasteiger charge is -2.26. The Labute approximate surface area is 199 Å². The number of alkyl carbamates (subject to hydrolysis) is 2. The number of amides is 4. The number of rotatable bonds is 9. The number of urea groups is 1. The fraction of sp³-hybridized carbons (Fsp3) is 0.400. The Hall–Kier alpha value is -3.75. The fourth-order valence-electron chi connectivity index (χ4n) is 3.55. The largest absolute Gasteiger partial charge is 0.446 e. The molecule has 3 rings (SSSR count). The molecule has 3 N–H and O–H groups in total. The smallest absolute Gasteiger partial charge is 0.407 e. The molecule has 182 valence electrons. The summed E-state index contributed by atoms with van der Waals surface area (Å²) in [6.07, 6.45) is 2.11. The van der Waals surface area contributed by atoms with Crippen LogP contribution in [-0.2, 0) is 29.1 Å². The van der Waals surface area contributed by atoms with Crippen LogP contribution in [0.5, 0.6) is 0 Å². The molecule has 2 aromatic carbocycles. The maximum atomic E-state index is 12.2. The molecule has 1 heterocycles. The molecule has 0 bridgehead atoms. The number of hydrogen-bond donors (Lipinski definition) is 3. The van der Waals surface area contributed by atoms with Crippen molar-refractivity contribution in [2.75, 3.05) is 26.3 Å². The zero-order valence-corrected chi connectivity index (χ0v) is 19.3. The van der Waals surface area contributed by atoms with E-state index in [-0.39, 0.29) is 25.8 Å². The van der Waals surface area contributed by atoms with Gasteiger partial charge in [-0.2, -0.15) is 0 Å². The highest BCUT2D eigenvalue weighted by Gasteiger charge is 2.15. The van der Waals surface area contributed by atoms with Crippen LogP contribution in [0.15, 0.2) is 54.6 Å². The van der Waals surface area contributed by atoms with Crippen molar-refractivity contribution in [3.05, 3.63) is 71.3 Å². The average Bonchev–Trinajstić information content (AvgIpc) is 2.88. The molecular weight excluding hydrogens is 436 g/mol. The van der Waals surface area contributed by atoms with E-state index in [2.05, 4.69) is 16.0 Å². The van der Waals surface area contributed by atoms with Gasteiger partial charge in [0.2, 0.25) is 0 Å². The van der Waals surface area contributed by atoms with Gasteiger partial charge in [-0.05, 0) is 36.0 Å². The van der Waals surface area contributed by atoms with Gasteiger partial charge < -0.3 is 30.3 Å². The van der Waals surface area contributed by atoms with Crippen molar-refractivity contribution in [3.8, 4) is 0 Å². The fourth-order valence-corrected chi connectivity index (χ4v) is 3.55. The van der Waals surface area contributed by atoms with Crippen LogP contribution in [0.25, 0.3) is 0 Å². The normalized spacial score (nSPS) is 13.0. The second-order valence-corrected chi connectivity index (χ2v) is 7.99. The molecule has 0 radical (unpaired) electrons. The maximum absolute atomic E-state index is 12.2. The van der Waals surface area contributed by atoms with Crippen molar-refractivity contribution >= 4 is 18.2 Å². The van der Waals surface area contributed by atoms with Crippen LogP contribution in [-0.4, -0.2) is 49.4 Å². The van der Waals surface area contributed by atoms with Crippen molar-refractivity contribution in [2.24, 2.45) is 0 Å². The predicted octanol–water partition coefficient (Wildman–Crippen LogP) is 3.53. The minimum absolute atomic E-state index is 0.0391. The van der Waals surface area contributed by atoms with Crippen LogP contribution in [0.1, 0.15) is 36.0 Å². The standard InChI is InChI=1S/C25H32N4O5/c30-23(29-12-5-2-6-13-29)26-18-21-10-7-11-22(16-21)19-28-25(32)34-15-14-33-24(31)27-17-20-8-3-1-4-9-20/h1,3-4,7-11,16H,2,5-6,12-15,17-19H2,(H,26,30)(H,27,31)(H,28,32). The van der Waals surface area contributed by atoms with Crippen molar-refractivity contribution in [2.45, 2.75) is 38.9 Å². The van der Waals surface area contributed by atoms with E-state index < -0.39 is 12.2 Å². The molecule has 0 aromatic heterocycles. The highest BCUT2D eigenvalue weighted by molar-refractivity contribution is 5.74. The van der Waals surface area contributed by atoms with Gasteiger partial charge in [0.1, 0.15) is 13.2 Å². The minimum atomic E-state index is -0.600. The number of ether oxygens (including phenoxy) is 2. The summed E-state index contributed by atoms with van der Waals surface area (Å²) >= 11 is 0. The quantitative estimate of drug-likeness (QED) is 0.488. The zero-order valence-electron chi connectivity index (χ0n) is 19.3. The van der Waals surface area contributed by atoms with Gasteiger partial charge in [0, 0.05) is 32.7 Å². The van der Waals surface area contributed by atoms with Crippen LogP contribution in [0, 0.1) is 0 Å². The van der Waals surface area contributed by atoms with Crippen LogP contribution in [0.2, 0.25) is 0 Å². The summed E-state index contributed by atoms with van der Waals surface area (Å²) in [5.74, 6) is 0. The topological polar surface area (TPSA) is 109 Å². The first-order chi connectivity index (χ1) is 16.6. The first-order valence-electron chi connectivity index (χ1n) is 11.6. The molecule has 0 spiro atoms. The molecule has 9 heteroatoms. The summed E-state index contributed by atoms with van der Waals surface area (Å²) in [4.78, 5) is 37.7. The highest BCUT2D eigenvalue weighted by atomic mass is 16.6. The summed E-state index contributed by atoms with van der Waals surface area (Å²) in [7, 11) is 0. The highest BCUT2D eigenvalue weighted by Crippen LogP contribution is 2.09. The summed E-state index contributed by atoms with van der Waals surface area (Å²) in [5.41, 5.74) is 2.80. The Morgan fingerprint density at radius 3 is 1.82 bits per heavy atom. The molecule has 1 aliphatic rings. The number of nitrogens with one attached hydrogen (secondary N) is 3. The Morgan fingerprint density at radius 1 is 0.676 bits per heavy atom. The van der Waals surface area contributed by atoms with Crippen molar-refractivity contribution < 1.29 is 23.9 Å². The van der Waals surface area contributed by atoms with Crippen molar-refractivity contribution in [1.29, 1.82) is 0 Å². The molecule has 2 aromatic rings. The van der Waals surface area contributed by atoms with Gasteiger partial charge in [-0.1, -0.05) is 54.6 Å². The number of likely N-dealkylation sites (tertiary alicyclic amines) is 1. The van der Waals surface area contributed by atoms with Gasteiger partial charge in [0.25, 0.3) is 0 Å². The zero-order chi connectivity index (χ0) is 24.0. The van der Waals surface area contributed by atoms with Crippen molar-refractivity contribution in [1.82, 2.24) is 20.9 Å². The number of hydrogen-bond acceptors (Lipinski definition) is 5. The summed E-state index contributed by atoms with van der Waals surface area (Å²) in [6.45, 7) is 2.60. The van der Waals surface area contributed by atoms with E-state index in [4.69, 9.17) is 9.47 Å². The SMILES string of the molecule is O=C(NCc1ccccc1)OCCOC(=O)NCc1cccc(CNC(=O)N2CCCCC2)c1. The lowest BCUT2D eigenvalue weighted by atomic mass is 10.1. The molecule has 1 fully saturated rings. The molecule has 1 aliphatic heterocycles. The van der Waals surface area contributed by atoms with E-state index in [9.17, 15) is 14.4 Å². The first kappa shape index (κ1) is 24.9. The second-order valence-electron chi connectivity index (χ2n) is 7.99. The number of nitrogens with zero attached hydrogens (tertiary/aromatic N) is 1. The van der Waals surface area contributed by atoms with E-state index in [1.807, 2.05) is 59.5 Å². The Kier molecular flexibility index (Phi) is 10.0. The van der Waals surface area contributed by atoms with Gasteiger partial charge in [0.05, 0.1) is 0 Å². The first-order valence-corrected chi connectivity index (χ1v) is 11.6. The molecule has 0 saturated carbocycles. The third kappa shape index (κ3) is 9.01. The van der Waals surface area contributed by atoms with E-state index in [0.717, 1.165) is 42.6 Å². The predicted molar refractivity (Wildman–Crippen MR) is 127 cm³/mol. The van der Waals surface area contributed by atoms with E-state index in [1.165, 1.54) is 6.42 Å². The maximum Gasteiger partial charge on any atom is 0.407 e. The van der Waals surface area contributed by atoms with Crippen LogP contribution in [0.4, 0.5) is 14.4 Å². The number of carbonyl (C=O) groups is 3. The molecular formula is C25H32N4O5. The molecule has 34 heavy (non-hydrogen) atoms. The Morgan fingerprint density at radius 2 is 1.21 bits per heavy atom. The van der Waals surface area contributed by atoms with Crippen LogP contribution >= 0.6 is 0 Å². The third-order valence-corrected chi connectivity index (χ3v) is 5.34. The summed E-state index contributed by atoms with van der Waals surface area (Å²) in [5, 5.41) is 8.24. The summed E-state index contributed by atoms with van der Waals surface area (Å²) in [6, 6.07) is 17.1. The van der Waals surface area contributed by atoms with Gasteiger partial charge in [-0.15, -0.1) is 0 Å². The third-order valence-electron chi connectivity index (χ3n) is 5.34. The van der Waals surface area contributed by atoms with Gasteiger partial charge in [0.15, 0.2) is 0 Å². The Bertz CT molecular complexity index is 932. The van der Waals surface area contributed by atoms with E-state index in [1.54, 1.807) is 0 Å². The van der Waals surface area contributed by atoms with Gasteiger partial charge >= 0.3 is 18.2 Å². The molecule has 0 aliphatic carbocycles. The van der Waals surface area contributed by atoms with E-state index in [0.29, 0.717) is 13.1 Å².